The first-order valence-corrected chi connectivity index (χ1v) is 8.61. The molecule has 0 radical (unpaired) electrons. The molecule has 2 heterocycles. The van der Waals surface area contributed by atoms with Crippen LogP contribution in [-0.4, -0.2) is 61.1 Å². The van der Waals surface area contributed by atoms with Gasteiger partial charge in [0.15, 0.2) is 0 Å². The van der Waals surface area contributed by atoms with Crippen LogP contribution in [0.2, 0.25) is 0 Å². The molecule has 0 aliphatic carbocycles. The van der Waals surface area contributed by atoms with Gasteiger partial charge in [0.1, 0.15) is 5.82 Å². The number of carbonyl (C=O) groups is 1. The van der Waals surface area contributed by atoms with Crippen LogP contribution < -0.4 is 0 Å². The number of nitrogens with zero attached hydrogens (tertiary/aromatic N) is 2. The summed E-state index contributed by atoms with van der Waals surface area (Å²) in [5.74, 6) is -0.579. The zero-order valence-electron chi connectivity index (χ0n) is 13.5. The molecular weight excluding hydrogens is 295 g/mol. The second kappa shape index (κ2) is 7.88. The van der Waals surface area contributed by atoms with Gasteiger partial charge in [0.05, 0.1) is 18.8 Å². The van der Waals surface area contributed by atoms with Crippen molar-refractivity contribution in [2.24, 2.45) is 0 Å². The van der Waals surface area contributed by atoms with Crippen LogP contribution in [0.5, 0.6) is 0 Å². The van der Waals surface area contributed by atoms with Gasteiger partial charge in [-0.15, -0.1) is 0 Å². The van der Waals surface area contributed by atoms with Crippen LogP contribution in [0.1, 0.15) is 36.0 Å². The molecular formula is C18H25FN2O2. The molecule has 1 aromatic carbocycles. The Balaban J connectivity index is 1.63. The fraction of sp³-hybridized carbons (Fsp3) is 0.611. The summed E-state index contributed by atoms with van der Waals surface area (Å²) in [6.07, 6.45) is 4.13. The van der Waals surface area contributed by atoms with Crippen molar-refractivity contribution in [3.63, 3.8) is 0 Å². The molecule has 126 valence electrons. The van der Waals surface area contributed by atoms with Gasteiger partial charge in [0.25, 0.3) is 5.91 Å². The van der Waals surface area contributed by atoms with Crippen molar-refractivity contribution >= 4 is 5.91 Å². The van der Waals surface area contributed by atoms with Gasteiger partial charge in [-0.25, -0.2) is 4.39 Å². The molecule has 0 aromatic heterocycles. The summed E-state index contributed by atoms with van der Waals surface area (Å²) in [4.78, 5) is 17.0. The Morgan fingerprint density at radius 2 is 1.96 bits per heavy atom. The third kappa shape index (κ3) is 4.09. The molecule has 2 fully saturated rings. The van der Waals surface area contributed by atoms with Gasteiger partial charge in [-0.05, 0) is 37.8 Å². The van der Waals surface area contributed by atoms with Crippen molar-refractivity contribution < 1.29 is 13.9 Å². The fourth-order valence-electron chi connectivity index (χ4n) is 3.51. The Kier molecular flexibility index (Phi) is 5.62. The molecule has 1 amide bonds. The van der Waals surface area contributed by atoms with E-state index in [2.05, 4.69) is 4.90 Å². The van der Waals surface area contributed by atoms with Crippen molar-refractivity contribution in [3.05, 3.63) is 35.6 Å². The maximum absolute atomic E-state index is 13.9. The molecule has 23 heavy (non-hydrogen) atoms. The van der Waals surface area contributed by atoms with E-state index < -0.39 is 5.82 Å². The number of halogens is 1. The minimum absolute atomic E-state index is 0.158. The lowest BCUT2D eigenvalue weighted by atomic mass is 9.97. The Hall–Kier alpha value is -1.46. The number of piperidine rings is 1. The molecule has 1 aromatic rings. The normalized spacial score (nSPS) is 23.0. The zero-order valence-corrected chi connectivity index (χ0v) is 13.5. The Morgan fingerprint density at radius 3 is 2.74 bits per heavy atom. The standard InChI is InChI=1S/C18H25FN2O2/c19-17-7-2-1-6-16(17)18(22)21-9-4-3-5-15(21)8-10-20-11-13-23-14-12-20/h1-2,6-7,15H,3-5,8-14H2/t15-/m0/s1. The number of amides is 1. The average Bonchev–Trinajstić information content (AvgIpc) is 2.61. The molecule has 2 aliphatic rings. The quantitative estimate of drug-likeness (QED) is 0.855. The monoisotopic (exact) mass is 320 g/mol. The van der Waals surface area contributed by atoms with Gasteiger partial charge in [0, 0.05) is 32.2 Å². The minimum Gasteiger partial charge on any atom is -0.379 e. The highest BCUT2D eigenvalue weighted by atomic mass is 19.1. The third-order valence-corrected chi connectivity index (χ3v) is 4.87. The van der Waals surface area contributed by atoms with Crippen molar-refractivity contribution in [2.75, 3.05) is 39.4 Å². The van der Waals surface area contributed by atoms with E-state index in [4.69, 9.17) is 4.74 Å². The summed E-state index contributed by atoms with van der Waals surface area (Å²) >= 11 is 0. The van der Waals surface area contributed by atoms with Gasteiger partial charge < -0.3 is 9.64 Å². The first-order chi connectivity index (χ1) is 11.3. The summed E-state index contributed by atoms with van der Waals surface area (Å²) in [5, 5.41) is 0. The fourth-order valence-corrected chi connectivity index (χ4v) is 3.51. The maximum atomic E-state index is 13.9. The topological polar surface area (TPSA) is 32.8 Å². The van der Waals surface area contributed by atoms with Crippen LogP contribution in [0.4, 0.5) is 4.39 Å². The molecule has 0 N–H and O–H groups in total. The number of hydrogen-bond donors (Lipinski definition) is 0. The van der Waals surface area contributed by atoms with Gasteiger partial charge in [-0.1, -0.05) is 12.1 Å². The SMILES string of the molecule is O=C(c1ccccc1F)N1CCCC[C@H]1CCN1CCOCC1. The summed E-state index contributed by atoms with van der Waals surface area (Å²) < 4.78 is 19.3. The first kappa shape index (κ1) is 16.4. The molecule has 1 atom stereocenters. The van der Waals surface area contributed by atoms with E-state index in [0.717, 1.165) is 65.1 Å². The number of benzene rings is 1. The summed E-state index contributed by atoms with van der Waals surface area (Å²) in [6, 6.07) is 6.52. The number of rotatable bonds is 4. The maximum Gasteiger partial charge on any atom is 0.257 e. The van der Waals surface area contributed by atoms with E-state index in [0.29, 0.717) is 0 Å². The molecule has 0 bridgehead atoms. The smallest absolute Gasteiger partial charge is 0.257 e. The Bertz CT molecular complexity index is 532. The lowest BCUT2D eigenvalue weighted by molar-refractivity contribution is 0.0295. The van der Waals surface area contributed by atoms with Crippen molar-refractivity contribution in [2.45, 2.75) is 31.7 Å². The lowest BCUT2D eigenvalue weighted by Gasteiger charge is -2.37. The zero-order chi connectivity index (χ0) is 16.1. The lowest BCUT2D eigenvalue weighted by Crippen LogP contribution is -2.46. The van der Waals surface area contributed by atoms with Gasteiger partial charge in [0.2, 0.25) is 0 Å². The van der Waals surface area contributed by atoms with Crippen LogP contribution >= 0.6 is 0 Å². The number of morpholine rings is 1. The Morgan fingerprint density at radius 1 is 1.17 bits per heavy atom. The summed E-state index contributed by atoms with van der Waals surface area (Å²) in [5.41, 5.74) is 0.200. The van der Waals surface area contributed by atoms with Crippen LogP contribution in [0.15, 0.2) is 24.3 Å². The predicted molar refractivity (Wildman–Crippen MR) is 87.0 cm³/mol. The van der Waals surface area contributed by atoms with Crippen molar-refractivity contribution in [3.8, 4) is 0 Å². The second-order valence-corrected chi connectivity index (χ2v) is 6.37. The highest BCUT2D eigenvalue weighted by Gasteiger charge is 2.29. The molecule has 3 rings (SSSR count). The van der Waals surface area contributed by atoms with Crippen molar-refractivity contribution in [1.29, 1.82) is 0 Å². The Labute approximate surface area is 137 Å². The van der Waals surface area contributed by atoms with Gasteiger partial charge in [-0.3, -0.25) is 9.69 Å². The van der Waals surface area contributed by atoms with Crippen LogP contribution in [0.3, 0.4) is 0 Å². The second-order valence-electron chi connectivity index (χ2n) is 6.37. The van der Waals surface area contributed by atoms with Crippen LogP contribution in [0, 0.1) is 5.82 Å². The summed E-state index contributed by atoms with van der Waals surface area (Å²) in [7, 11) is 0. The highest BCUT2D eigenvalue weighted by molar-refractivity contribution is 5.94. The molecule has 4 nitrogen and oxygen atoms in total. The summed E-state index contributed by atoms with van der Waals surface area (Å²) in [6.45, 7) is 5.24. The molecule has 2 saturated heterocycles. The van der Waals surface area contributed by atoms with Crippen LogP contribution in [0.25, 0.3) is 0 Å². The van der Waals surface area contributed by atoms with Crippen molar-refractivity contribution in [1.82, 2.24) is 9.80 Å². The molecule has 0 unspecified atom stereocenters. The highest BCUT2D eigenvalue weighted by Crippen LogP contribution is 2.23. The molecule has 0 saturated carbocycles. The van der Waals surface area contributed by atoms with E-state index in [1.54, 1.807) is 18.2 Å². The number of ether oxygens (including phenoxy) is 1. The van der Waals surface area contributed by atoms with Crippen LogP contribution in [-0.2, 0) is 4.74 Å². The third-order valence-electron chi connectivity index (χ3n) is 4.87. The minimum atomic E-state index is -0.421. The van der Waals surface area contributed by atoms with E-state index >= 15 is 0 Å². The molecule has 5 heteroatoms. The van der Waals surface area contributed by atoms with E-state index in [1.165, 1.54) is 6.07 Å². The first-order valence-electron chi connectivity index (χ1n) is 8.61. The van der Waals surface area contributed by atoms with Gasteiger partial charge in [-0.2, -0.15) is 0 Å². The van der Waals surface area contributed by atoms with E-state index in [9.17, 15) is 9.18 Å². The average molecular weight is 320 g/mol. The number of likely N-dealkylation sites (tertiary alicyclic amines) is 1. The van der Waals surface area contributed by atoms with E-state index in [1.807, 2.05) is 4.90 Å². The molecule has 0 spiro atoms. The largest absolute Gasteiger partial charge is 0.379 e. The van der Waals surface area contributed by atoms with Gasteiger partial charge >= 0.3 is 0 Å². The molecule has 2 aliphatic heterocycles. The predicted octanol–water partition coefficient (Wildman–Crippen LogP) is 2.54. The number of hydrogen-bond acceptors (Lipinski definition) is 3. The van der Waals surface area contributed by atoms with E-state index in [-0.39, 0.29) is 17.5 Å². The number of carbonyl (C=O) groups excluding carboxylic acids is 1.